The summed E-state index contributed by atoms with van der Waals surface area (Å²) in [5.41, 5.74) is -1.50. The average molecular weight is 272 g/mol. The van der Waals surface area contributed by atoms with Gasteiger partial charge in [-0.1, -0.05) is 0 Å². The lowest BCUT2D eigenvalue weighted by Gasteiger charge is -2.16. The Morgan fingerprint density at radius 3 is 2.42 bits per heavy atom. The number of aromatic nitrogens is 2. The van der Waals surface area contributed by atoms with E-state index in [0.29, 0.717) is 0 Å². The van der Waals surface area contributed by atoms with E-state index in [2.05, 4.69) is 9.97 Å². The molecule has 0 amide bonds. The number of aliphatic hydroxyl groups excluding tert-OH is 1. The smallest absolute Gasteiger partial charge is 0.382 e. The maximum absolute atomic E-state index is 12.8. The van der Waals surface area contributed by atoms with Gasteiger partial charge in [-0.05, 0) is 18.2 Å². The molecule has 0 aliphatic heterocycles. The van der Waals surface area contributed by atoms with Crippen molar-refractivity contribution in [2.24, 2.45) is 0 Å². The lowest BCUT2D eigenvalue weighted by atomic mass is 10.0. The first-order valence-corrected chi connectivity index (χ1v) is 5.20. The van der Waals surface area contributed by atoms with E-state index >= 15 is 0 Å². The molecule has 3 nitrogen and oxygen atoms in total. The highest BCUT2D eigenvalue weighted by molar-refractivity contribution is 5.33. The van der Waals surface area contributed by atoms with E-state index in [1.807, 2.05) is 0 Å². The van der Waals surface area contributed by atoms with Crippen LogP contribution in [-0.4, -0.2) is 15.1 Å². The highest BCUT2D eigenvalue weighted by Gasteiger charge is 2.35. The van der Waals surface area contributed by atoms with Crippen LogP contribution in [0.5, 0.6) is 0 Å². The highest BCUT2D eigenvalue weighted by atomic mass is 19.4. The minimum absolute atomic E-state index is 0.0834. The third kappa shape index (κ3) is 2.87. The van der Waals surface area contributed by atoms with Crippen LogP contribution in [0.15, 0.2) is 36.8 Å². The van der Waals surface area contributed by atoms with E-state index in [1.54, 1.807) is 0 Å². The second-order valence-corrected chi connectivity index (χ2v) is 3.76. The monoisotopic (exact) mass is 272 g/mol. The molecule has 0 aliphatic carbocycles. The van der Waals surface area contributed by atoms with Gasteiger partial charge in [0.25, 0.3) is 0 Å². The summed E-state index contributed by atoms with van der Waals surface area (Å²) in [7, 11) is 0. The summed E-state index contributed by atoms with van der Waals surface area (Å²) in [6, 6.07) is 2.89. The minimum Gasteiger partial charge on any atom is -0.382 e. The predicted molar refractivity (Wildman–Crippen MR) is 57.5 cm³/mol. The summed E-state index contributed by atoms with van der Waals surface area (Å²) in [5.74, 6) is -0.641. The second kappa shape index (κ2) is 4.93. The molecule has 2 aromatic heterocycles. The van der Waals surface area contributed by atoms with Crippen molar-refractivity contribution in [3.8, 4) is 0 Å². The summed E-state index contributed by atoms with van der Waals surface area (Å²) in [5, 5.41) is 9.90. The summed E-state index contributed by atoms with van der Waals surface area (Å²) < 4.78 is 51.0. The number of nitrogens with zero attached hydrogens (tertiary/aromatic N) is 2. The van der Waals surface area contributed by atoms with E-state index in [0.717, 1.165) is 36.8 Å². The van der Waals surface area contributed by atoms with Crippen LogP contribution in [0.4, 0.5) is 17.6 Å². The summed E-state index contributed by atoms with van der Waals surface area (Å²) >= 11 is 0. The summed E-state index contributed by atoms with van der Waals surface area (Å²) in [6.07, 6.45) is -3.51. The molecule has 2 rings (SSSR count). The normalized spacial score (nSPS) is 13.3. The fourth-order valence-electron chi connectivity index (χ4n) is 1.59. The van der Waals surface area contributed by atoms with Crippen molar-refractivity contribution in [3.05, 3.63) is 59.4 Å². The standard InChI is InChI=1S/C12H8F4N2O/c13-7-1-2-10(18-5-7)11(19)8-6-17-4-3-9(8)12(14,15)16/h1-6,11,19H. The topological polar surface area (TPSA) is 46.0 Å². The maximum Gasteiger partial charge on any atom is 0.416 e. The molecule has 0 aliphatic rings. The molecule has 2 aromatic rings. The Hall–Kier alpha value is -2.02. The Morgan fingerprint density at radius 2 is 1.84 bits per heavy atom. The molecule has 1 unspecified atom stereocenters. The SMILES string of the molecule is OC(c1ccc(F)cn1)c1cnccc1C(F)(F)F. The lowest BCUT2D eigenvalue weighted by molar-refractivity contribution is -0.139. The first-order valence-electron chi connectivity index (χ1n) is 5.20. The quantitative estimate of drug-likeness (QED) is 0.855. The van der Waals surface area contributed by atoms with Gasteiger partial charge in [-0.3, -0.25) is 9.97 Å². The fraction of sp³-hybridized carbons (Fsp3) is 0.167. The molecular formula is C12H8F4N2O. The van der Waals surface area contributed by atoms with Crippen molar-refractivity contribution in [2.75, 3.05) is 0 Å². The molecule has 0 fully saturated rings. The van der Waals surface area contributed by atoms with Gasteiger partial charge >= 0.3 is 6.18 Å². The van der Waals surface area contributed by atoms with Crippen LogP contribution in [-0.2, 0) is 6.18 Å². The van der Waals surface area contributed by atoms with Crippen LogP contribution in [0.3, 0.4) is 0 Å². The van der Waals surface area contributed by atoms with E-state index in [1.165, 1.54) is 0 Å². The van der Waals surface area contributed by atoms with Gasteiger partial charge in [0.05, 0.1) is 17.5 Å². The zero-order chi connectivity index (χ0) is 14.0. The molecule has 0 saturated heterocycles. The lowest BCUT2D eigenvalue weighted by Crippen LogP contribution is -2.13. The molecule has 100 valence electrons. The van der Waals surface area contributed by atoms with Crippen molar-refractivity contribution >= 4 is 0 Å². The number of rotatable bonds is 2. The van der Waals surface area contributed by atoms with Crippen molar-refractivity contribution in [1.29, 1.82) is 0 Å². The number of alkyl halides is 3. The number of aliphatic hydroxyl groups is 1. The average Bonchev–Trinajstić information content (AvgIpc) is 2.38. The zero-order valence-electron chi connectivity index (χ0n) is 9.39. The van der Waals surface area contributed by atoms with Gasteiger partial charge in [-0.2, -0.15) is 13.2 Å². The zero-order valence-corrected chi connectivity index (χ0v) is 9.39. The van der Waals surface area contributed by atoms with Gasteiger partial charge in [-0.25, -0.2) is 4.39 Å². The second-order valence-electron chi connectivity index (χ2n) is 3.76. The molecule has 2 heterocycles. The molecule has 0 radical (unpaired) electrons. The molecule has 0 saturated carbocycles. The van der Waals surface area contributed by atoms with Gasteiger partial charge in [-0.15, -0.1) is 0 Å². The number of halogens is 4. The number of hydrogen-bond donors (Lipinski definition) is 1. The van der Waals surface area contributed by atoms with Crippen LogP contribution in [0.2, 0.25) is 0 Å². The number of hydrogen-bond acceptors (Lipinski definition) is 3. The van der Waals surface area contributed by atoms with Gasteiger partial charge in [0.1, 0.15) is 11.9 Å². The largest absolute Gasteiger partial charge is 0.416 e. The molecule has 0 bridgehead atoms. The Bertz CT molecular complexity index is 569. The first-order chi connectivity index (χ1) is 8.89. The highest BCUT2D eigenvalue weighted by Crippen LogP contribution is 2.35. The van der Waals surface area contributed by atoms with Crippen molar-refractivity contribution < 1.29 is 22.7 Å². The maximum atomic E-state index is 12.8. The molecule has 1 N–H and O–H groups in total. The minimum atomic E-state index is -4.61. The molecule has 0 spiro atoms. The van der Waals surface area contributed by atoms with Crippen LogP contribution < -0.4 is 0 Å². The Kier molecular flexibility index (Phi) is 3.48. The Morgan fingerprint density at radius 1 is 1.11 bits per heavy atom. The van der Waals surface area contributed by atoms with E-state index in [9.17, 15) is 22.7 Å². The summed E-state index contributed by atoms with van der Waals surface area (Å²) in [4.78, 5) is 7.12. The van der Waals surface area contributed by atoms with Gasteiger partial charge in [0, 0.05) is 18.0 Å². The van der Waals surface area contributed by atoms with Crippen LogP contribution >= 0.6 is 0 Å². The first kappa shape index (κ1) is 13.4. The third-order valence-electron chi connectivity index (χ3n) is 2.48. The fourth-order valence-corrected chi connectivity index (χ4v) is 1.59. The van der Waals surface area contributed by atoms with Gasteiger partial charge in [0.2, 0.25) is 0 Å². The molecule has 1 atom stereocenters. The summed E-state index contributed by atoms with van der Waals surface area (Å²) in [6.45, 7) is 0. The van der Waals surface area contributed by atoms with Crippen molar-refractivity contribution in [3.63, 3.8) is 0 Å². The van der Waals surface area contributed by atoms with Gasteiger partial charge in [0.15, 0.2) is 0 Å². The molecule has 19 heavy (non-hydrogen) atoms. The van der Waals surface area contributed by atoms with Gasteiger partial charge < -0.3 is 5.11 Å². The molecular weight excluding hydrogens is 264 g/mol. The predicted octanol–water partition coefficient (Wildman–Crippen LogP) is 2.72. The van der Waals surface area contributed by atoms with Crippen LogP contribution in [0, 0.1) is 5.82 Å². The molecule has 7 heteroatoms. The van der Waals surface area contributed by atoms with Crippen molar-refractivity contribution in [2.45, 2.75) is 12.3 Å². The molecule has 0 aromatic carbocycles. The van der Waals surface area contributed by atoms with E-state index in [4.69, 9.17) is 0 Å². The van der Waals surface area contributed by atoms with Crippen LogP contribution in [0.1, 0.15) is 22.9 Å². The van der Waals surface area contributed by atoms with E-state index < -0.39 is 29.2 Å². The Labute approximate surface area is 105 Å². The third-order valence-corrected chi connectivity index (χ3v) is 2.48. The number of pyridine rings is 2. The van der Waals surface area contributed by atoms with Crippen LogP contribution in [0.25, 0.3) is 0 Å². The van der Waals surface area contributed by atoms with Crippen molar-refractivity contribution in [1.82, 2.24) is 9.97 Å². The van der Waals surface area contributed by atoms with E-state index in [-0.39, 0.29) is 5.69 Å². The Balaban J connectivity index is 2.44.